The number of nitrogens with two attached hydrogens (primary N) is 1. The Bertz CT molecular complexity index is 621. The molecule has 0 saturated heterocycles. The van der Waals surface area contributed by atoms with Crippen LogP contribution in [0.2, 0.25) is 0 Å². The van der Waals surface area contributed by atoms with E-state index < -0.39 is 0 Å². The van der Waals surface area contributed by atoms with Gasteiger partial charge in [-0.2, -0.15) is 0 Å². The van der Waals surface area contributed by atoms with E-state index >= 15 is 0 Å². The van der Waals surface area contributed by atoms with Gasteiger partial charge in [0.25, 0.3) is 0 Å². The number of carbonyl (C=O) groups is 2. The number of rotatable bonds is 5. The predicted octanol–water partition coefficient (Wildman–Crippen LogP) is 2.73. The number of nitrogens with one attached hydrogen (secondary N) is 1. The lowest BCUT2D eigenvalue weighted by Crippen LogP contribution is -2.30. The molecule has 2 aliphatic rings. The third kappa shape index (κ3) is 4.30. The van der Waals surface area contributed by atoms with Crippen LogP contribution in [0.5, 0.6) is 0 Å². The first-order valence-corrected chi connectivity index (χ1v) is 8.89. The van der Waals surface area contributed by atoms with Crippen molar-refractivity contribution in [3.63, 3.8) is 0 Å². The summed E-state index contributed by atoms with van der Waals surface area (Å²) in [5, 5.41) is 8.53. The predicted molar refractivity (Wildman–Crippen MR) is 94.9 cm³/mol. The minimum atomic E-state index is -0.240. The number of allylic oxidation sites excluding steroid dienone is 4. The normalized spacial score (nSPS) is 26.7. The molecular formula is C19H28N2O4. The van der Waals surface area contributed by atoms with Crippen molar-refractivity contribution in [2.75, 3.05) is 13.7 Å². The molecule has 0 spiro atoms. The molecule has 3 N–H and O–H groups in total. The summed E-state index contributed by atoms with van der Waals surface area (Å²) in [6, 6.07) is 0. The van der Waals surface area contributed by atoms with E-state index in [0.717, 1.165) is 11.1 Å². The van der Waals surface area contributed by atoms with Crippen molar-refractivity contribution in [1.29, 1.82) is 5.41 Å². The Labute approximate surface area is 148 Å². The molecule has 25 heavy (non-hydrogen) atoms. The van der Waals surface area contributed by atoms with Gasteiger partial charge in [0.1, 0.15) is 0 Å². The largest absolute Gasteiger partial charge is 0.469 e. The summed E-state index contributed by atoms with van der Waals surface area (Å²) in [6.45, 7) is 4.22. The van der Waals surface area contributed by atoms with Crippen LogP contribution in [-0.2, 0) is 19.1 Å². The summed E-state index contributed by atoms with van der Waals surface area (Å²) in [5.41, 5.74) is 8.97. The van der Waals surface area contributed by atoms with Crippen LogP contribution in [-0.4, -0.2) is 31.4 Å². The molecule has 0 aromatic rings. The molecule has 6 heteroatoms. The molecule has 0 aromatic heterocycles. The first-order valence-electron chi connectivity index (χ1n) is 8.89. The van der Waals surface area contributed by atoms with E-state index in [1.807, 2.05) is 19.9 Å². The molecule has 138 valence electrons. The number of carbonyl (C=O) groups excluding carboxylic acids is 2. The van der Waals surface area contributed by atoms with Crippen molar-refractivity contribution in [1.82, 2.24) is 0 Å². The Balaban J connectivity index is 2.08. The minimum Gasteiger partial charge on any atom is -0.469 e. The minimum absolute atomic E-state index is 0.132. The highest BCUT2D eigenvalue weighted by molar-refractivity contribution is 6.11. The number of methoxy groups -OCH3 is 1. The van der Waals surface area contributed by atoms with Crippen molar-refractivity contribution < 1.29 is 19.1 Å². The molecule has 0 saturated carbocycles. The van der Waals surface area contributed by atoms with Gasteiger partial charge >= 0.3 is 11.9 Å². The summed E-state index contributed by atoms with van der Waals surface area (Å²) < 4.78 is 9.92. The molecule has 0 radical (unpaired) electrons. The summed E-state index contributed by atoms with van der Waals surface area (Å²) >= 11 is 0. The maximum absolute atomic E-state index is 12.0. The Morgan fingerprint density at radius 1 is 1.32 bits per heavy atom. The van der Waals surface area contributed by atoms with Gasteiger partial charge in [-0.05, 0) is 49.7 Å². The fraction of sp³-hybridized carbons (Fsp3) is 0.632. The highest BCUT2D eigenvalue weighted by Gasteiger charge is 2.33. The van der Waals surface area contributed by atoms with E-state index in [2.05, 4.69) is 0 Å². The second-order valence-corrected chi connectivity index (χ2v) is 6.85. The molecular weight excluding hydrogens is 320 g/mol. The van der Waals surface area contributed by atoms with Crippen LogP contribution in [0.15, 0.2) is 22.9 Å². The zero-order valence-electron chi connectivity index (χ0n) is 15.3. The highest BCUT2D eigenvalue weighted by atomic mass is 16.5. The molecule has 0 aliphatic heterocycles. The Morgan fingerprint density at radius 3 is 2.60 bits per heavy atom. The van der Waals surface area contributed by atoms with Gasteiger partial charge in [-0.25, -0.2) is 0 Å². The van der Waals surface area contributed by atoms with E-state index in [4.69, 9.17) is 20.6 Å². The van der Waals surface area contributed by atoms with E-state index in [-0.39, 0.29) is 29.7 Å². The highest BCUT2D eigenvalue weighted by Crippen LogP contribution is 2.35. The van der Waals surface area contributed by atoms with Crippen LogP contribution >= 0.6 is 0 Å². The molecule has 0 heterocycles. The van der Waals surface area contributed by atoms with E-state index in [1.54, 1.807) is 0 Å². The average molecular weight is 348 g/mol. The lowest BCUT2D eigenvalue weighted by atomic mass is 9.76. The SMILES string of the molecule is CCOC(=O)[C@@H]1CC=C(C(=N)C2=C(N)CC(C(=O)OC)CC2)C[C@@H]1C. The van der Waals surface area contributed by atoms with Crippen molar-refractivity contribution in [3.05, 3.63) is 22.9 Å². The molecule has 2 aliphatic carbocycles. The molecule has 0 amide bonds. The first-order chi connectivity index (χ1) is 11.9. The Morgan fingerprint density at radius 2 is 2.04 bits per heavy atom. The van der Waals surface area contributed by atoms with Crippen LogP contribution in [0.3, 0.4) is 0 Å². The van der Waals surface area contributed by atoms with Gasteiger partial charge in [0.15, 0.2) is 0 Å². The third-order valence-electron chi connectivity index (χ3n) is 5.19. The zero-order valence-corrected chi connectivity index (χ0v) is 15.3. The molecule has 3 atom stereocenters. The van der Waals surface area contributed by atoms with Gasteiger partial charge in [-0.15, -0.1) is 0 Å². The molecule has 0 bridgehead atoms. The number of ether oxygens (including phenoxy) is 2. The molecule has 1 unspecified atom stereocenters. The van der Waals surface area contributed by atoms with Crippen molar-refractivity contribution in [3.8, 4) is 0 Å². The van der Waals surface area contributed by atoms with Crippen LogP contribution in [0.25, 0.3) is 0 Å². The van der Waals surface area contributed by atoms with Gasteiger partial charge in [-0.3, -0.25) is 9.59 Å². The smallest absolute Gasteiger partial charge is 0.309 e. The lowest BCUT2D eigenvalue weighted by molar-refractivity contribution is -0.150. The van der Waals surface area contributed by atoms with E-state index in [9.17, 15) is 9.59 Å². The fourth-order valence-electron chi connectivity index (χ4n) is 3.67. The number of hydrogen-bond donors (Lipinski definition) is 2. The summed E-state index contributed by atoms with van der Waals surface area (Å²) in [6.07, 6.45) is 4.93. The molecule has 6 nitrogen and oxygen atoms in total. The lowest BCUT2D eigenvalue weighted by Gasteiger charge is -2.29. The Hall–Kier alpha value is -2.11. The first kappa shape index (κ1) is 19.2. The monoisotopic (exact) mass is 348 g/mol. The van der Waals surface area contributed by atoms with Gasteiger partial charge < -0.3 is 20.6 Å². The van der Waals surface area contributed by atoms with E-state index in [1.165, 1.54) is 7.11 Å². The molecule has 0 aromatic carbocycles. The van der Waals surface area contributed by atoms with Gasteiger partial charge in [0, 0.05) is 12.1 Å². The van der Waals surface area contributed by atoms with Crippen LogP contribution in [0, 0.1) is 23.2 Å². The second kappa shape index (κ2) is 8.32. The maximum atomic E-state index is 12.0. The number of hydrogen-bond acceptors (Lipinski definition) is 6. The quantitative estimate of drug-likeness (QED) is 0.587. The Kier molecular flexibility index (Phi) is 6.39. The van der Waals surface area contributed by atoms with Crippen molar-refractivity contribution >= 4 is 17.7 Å². The zero-order chi connectivity index (χ0) is 18.6. The van der Waals surface area contributed by atoms with Crippen molar-refractivity contribution in [2.45, 2.75) is 46.0 Å². The second-order valence-electron chi connectivity index (χ2n) is 6.85. The van der Waals surface area contributed by atoms with E-state index in [0.29, 0.717) is 50.1 Å². The summed E-state index contributed by atoms with van der Waals surface area (Å²) in [4.78, 5) is 23.7. The van der Waals surface area contributed by atoms with Crippen molar-refractivity contribution in [2.24, 2.45) is 23.5 Å². The average Bonchev–Trinajstić information content (AvgIpc) is 2.60. The van der Waals surface area contributed by atoms with Gasteiger partial charge in [-0.1, -0.05) is 13.0 Å². The fourth-order valence-corrected chi connectivity index (χ4v) is 3.67. The standard InChI is InChI=1S/C19H28N2O4/c1-4-25-19(23)14-7-5-12(9-11(14)2)17(21)15-8-6-13(10-16(15)20)18(22)24-3/h5,11,13-14,21H,4,6-10,20H2,1-3H3/t11-,13?,14+/m0/s1. The van der Waals surface area contributed by atoms with Gasteiger partial charge in [0.2, 0.25) is 0 Å². The maximum Gasteiger partial charge on any atom is 0.309 e. The van der Waals surface area contributed by atoms with Crippen LogP contribution in [0.4, 0.5) is 0 Å². The number of esters is 2. The summed E-state index contributed by atoms with van der Waals surface area (Å²) in [7, 11) is 1.38. The van der Waals surface area contributed by atoms with Crippen LogP contribution < -0.4 is 5.73 Å². The molecule has 0 fully saturated rings. The van der Waals surface area contributed by atoms with Gasteiger partial charge in [0.05, 0.1) is 31.3 Å². The third-order valence-corrected chi connectivity index (χ3v) is 5.19. The topological polar surface area (TPSA) is 102 Å². The molecule has 2 rings (SSSR count). The van der Waals surface area contributed by atoms with Crippen LogP contribution in [0.1, 0.15) is 46.0 Å². The summed E-state index contributed by atoms with van der Waals surface area (Å²) in [5.74, 6) is -0.620.